The summed E-state index contributed by atoms with van der Waals surface area (Å²) in [6.45, 7) is 20.0. The van der Waals surface area contributed by atoms with Crippen LogP contribution in [0.3, 0.4) is 0 Å². The molecule has 4 N–H and O–H groups in total. The van der Waals surface area contributed by atoms with Gasteiger partial charge in [-0.05, 0) is 236 Å². The normalized spacial score (nSPS) is 11.2. The minimum atomic E-state index is -4.47. The van der Waals surface area contributed by atoms with Gasteiger partial charge in [-0.15, -0.1) is 56.7 Å². The number of carbonyl (C=O) groups excluding carboxylic acids is 7. The molecule has 0 unspecified atom stereocenters. The predicted molar refractivity (Wildman–Crippen MR) is 519 cm³/mol. The molecular formula is C97H89Br3F6N8O14S5. The largest absolute Gasteiger partial charge is 0.508 e. The van der Waals surface area contributed by atoms with E-state index < -0.39 is 52.8 Å². The third-order valence-electron chi connectivity index (χ3n) is 18.0. The number of ether oxygens (including phenoxy) is 5. The first kappa shape index (κ1) is 103. The Morgan fingerprint density at radius 2 is 0.684 bits per heavy atom. The van der Waals surface area contributed by atoms with E-state index in [-0.39, 0.29) is 85.1 Å². The zero-order valence-electron chi connectivity index (χ0n) is 73.2. The molecule has 694 valence electrons. The van der Waals surface area contributed by atoms with Crippen LogP contribution in [0, 0.1) is 6.92 Å². The standard InChI is InChI=1S/C28H25F3N2O3S.C24H17F3N2O3S.C21H21BrN2O3S.C11H10BrNO2S.C8H6BrNS.C5H10O3/c1-27(2,3)36-26(35)19-8-6-7-17(13-19)16-32-24(34)15-25-33-22-14-18(11-12-23(22)37-25)20-9-4-5-10-21(20)28(29,30)31;25-24(26,27)18-7-2-1-6-17(18)15-8-9-20-19(11-15)29-22(33-20)12-21(30)28-13-14-4-3-5-16(10-14)23(31)32;1-21(2,3)27-20(26)14-6-4-5-13(9-14)12-23-18(25)11-19-24-16-10-15(22)7-8-17(16)28-19;1-2-15-11(14)6-10-13-8-5-7(12)3-4-9(8)16-10;1-5-10-7-4-6(9)2-3-8(7)11-5;1-3-7-5(6)8-4-2/h4-14H,15-16H2,1-3H3,(H,32,34);1-11H,12-13H2,(H,28,30)(H,31,32);4-10H,11-12H2,1-3H3,(H,23,25);3-5H,2,6H2,1H3;2-4H,1H3;3-4H2,1-2H3. The number of fused-ring (bicyclic) bond motifs is 5. The number of rotatable bonds is 22. The van der Waals surface area contributed by atoms with E-state index in [0.717, 1.165) is 87.1 Å². The Labute approximate surface area is 806 Å². The predicted octanol–water partition coefficient (Wildman–Crippen LogP) is 24.9. The fourth-order valence-electron chi connectivity index (χ4n) is 12.4. The highest BCUT2D eigenvalue weighted by atomic mass is 79.9. The van der Waals surface area contributed by atoms with E-state index in [0.29, 0.717) is 75.2 Å². The van der Waals surface area contributed by atoms with E-state index in [2.05, 4.69) is 104 Å². The van der Waals surface area contributed by atoms with Crippen molar-refractivity contribution in [2.45, 2.75) is 138 Å². The van der Waals surface area contributed by atoms with Gasteiger partial charge in [-0.2, -0.15) is 26.3 Å². The summed E-state index contributed by atoms with van der Waals surface area (Å²) in [7, 11) is 0. The highest BCUT2D eigenvalue weighted by molar-refractivity contribution is 9.11. The number of carboxylic acid groups (broad SMARTS) is 1. The second-order valence-corrected chi connectivity index (χ2v) is 39.3. The van der Waals surface area contributed by atoms with Crippen LogP contribution in [0.25, 0.3) is 73.3 Å². The summed E-state index contributed by atoms with van der Waals surface area (Å²) in [5.41, 5.74) is 5.55. The van der Waals surface area contributed by atoms with Crippen LogP contribution in [-0.4, -0.2) is 109 Å². The van der Waals surface area contributed by atoms with Crippen molar-refractivity contribution in [3.8, 4) is 22.3 Å². The van der Waals surface area contributed by atoms with E-state index in [1.165, 1.54) is 86.4 Å². The number of benzene rings is 10. The molecule has 3 amide bonds. The number of aryl methyl sites for hydroxylation is 1. The molecule has 5 heterocycles. The highest BCUT2D eigenvalue weighted by Crippen LogP contribution is 2.41. The van der Waals surface area contributed by atoms with Crippen LogP contribution >= 0.6 is 104 Å². The van der Waals surface area contributed by atoms with Crippen LogP contribution in [0.4, 0.5) is 31.1 Å². The lowest BCUT2D eigenvalue weighted by Gasteiger charge is -2.19. The van der Waals surface area contributed by atoms with Crippen molar-refractivity contribution in [3.63, 3.8) is 0 Å². The molecule has 0 aliphatic heterocycles. The average molecular weight is 2100 g/mol. The number of alkyl halides is 6. The number of carbonyl (C=O) groups is 8. The Morgan fingerprint density at radius 1 is 0.368 bits per heavy atom. The van der Waals surface area contributed by atoms with E-state index in [4.69, 9.17) is 19.3 Å². The lowest BCUT2D eigenvalue weighted by atomic mass is 9.99. The maximum atomic E-state index is 13.4. The number of aromatic carboxylic acids is 1. The van der Waals surface area contributed by atoms with Crippen molar-refractivity contribution in [2.24, 2.45) is 0 Å². The van der Waals surface area contributed by atoms with Crippen molar-refractivity contribution in [1.82, 2.24) is 40.9 Å². The van der Waals surface area contributed by atoms with Crippen molar-refractivity contribution in [3.05, 3.63) is 295 Å². The second kappa shape index (κ2) is 47.7. The van der Waals surface area contributed by atoms with E-state index in [1.807, 2.05) is 82.3 Å². The molecule has 0 spiro atoms. The van der Waals surface area contributed by atoms with Gasteiger partial charge in [-0.25, -0.2) is 44.1 Å². The van der Waals surface area contributed by atoms with Crippen LogP contribution < -0.4 is 16.0 Å². The van der Waals surface area contributed by atoms with Crippen molar-refractivity contribution < 1.29 is 93.5 Å². The number of carboxylic acids is 1. The molecule has 36 heteroatoms. The fraction of sp³-hybridized carbons (Fsp3) is 0.247. The molecule has 0 saturated heterocycles. The van der Waals surface area contributed by atoms with E-state index in [9.17, 15) is 64.7 Å². The third-order valence-corrected chi connectivity index (χ3v) is 24.6. The highest BCUT2D eigenvalue weighted by Gasteiger charge is 2.35. The summed E-state index contributed by atoms with van der Waals surface area (Å²) in [6, 6.07) is 58.8. The minimum absolute atomic E-state index is 0.00639. The fourth-order valence-corrected chi connectivity index (χ4v) is 18.0. The number of aromatic nitrogens is 5. The number of nitrogens with one attached hydrogen (secondary N) is 3. The van der Waals surface area contributed by atoms with Crippen LogP contribution in [0.2, 0.25) is 0 Å². The third kappa shape index (κ3) is 32.5. The Bertz CT molecular complexity index is 6660. The van der Waals surface area contributed by atoms with Gasteiger partial charge in [0.1, 0.15) is 31.2 Å². The van der Waals surface area contributed by atoms with Crippen LogP contribution in [0.15, 0.2) is 226 Å². The number of nitrogens with zero attached hydrogens (tertiary/aromatic N) is 5. The van der Waals surface area contributed by atoms with Gasteiger partial charge in [0.15, 0.2) is 0 Å². The number of esters is 3. The molecule has 22 nitrogen and oxygen atoms in total. The molecule has 10 aromatic carbocycles. The van der Waals surface area contributed by atoms with Gasteiger partial charge >= 0.3 is 42.4 Å². The molecular weight excluding hydrogens is 2020 g/mol. The average Bonchev–Trinajstić information content (AvgIpc) is 1.65. The lowest BCUT2D eigenvalue weighted by molar-refractivity contribution is -0.142. The Balaban J connectivity index is 0.000000176. The zero-order chi connectivity index (χ0) is 96.5. The van der Waals surface area contributed by atoms with Crippen molar-refractivity contribution >= 4 is 203 Å². The quantitative estimate of drug-likeness (QED) is 0.0278. The molecule has 0 aliphatic carbocycles. The Hall–Kier alpha value is -11.8. The number of thiazole rings is 5. The molecule has 0 saturated carbocycles. The SMILES string of the molecule is CC(C)(C)OC(=O)c1cccc(CNC(=O)Cc2nc3cc(-c4ccccc4C(F)(F)F)ccc3s2)c1.CC(C)(C)OC(=O)c1cccc(CNC(=O)Cc2nc3cc(Br)ccc3s2)c1.CCOC(=O)Cc1nc2cc(Br)ccc2s1.CCOC(=O)OCC.Cc1nc2cc(Br)ccc2s1.O=C(Cc1nc2cc(-c3ccccc3C(F)(F)F)ccc2s1)NCc1cccc(C(=O)O)c1. The minimum Gasteiger partial charge on any atom is -0.478 e. The molecule has 15 rings (SSSR count). The molecule has 15 aromatic rings. The summed E-state index contributed by atoms with van der Waals surface area (Å²) in [4.78, 5) is 116. The summed E-state index contributed by atoms with van der Waals surface area (Å²) in [5.74, 6) is -2.74. The Kier molecular flexibility index (Phi) is 37.1. The topological polar surface area (TPSA) is 303 Å². The van der Waals surface area contributed by atoms with Crippen LogP contribution in [0.1, 0.15) is 146 Å². The molecule has 0 aliphatic rings. The molecule has 0 fully saturated rings. The smallest absolute Gasteiger partial charge is 0.478 e. The van der Waals surface area contributed by atoms with Crippen molar-refractivity contribution in [2.75, 3.05) is 19.8 Å². The first-order valence-electron chi connectivity index (χ1n) is 41.0. The van der Waals surface area contributed by atoms with Crippen molar-refractivity contribution in [1.29, 1.82) is 0 Å². The second-order valence-electron chi connectivity index (χ2n) is 30.8. The number of hydrogen-bond donors (Lipinski definition) is 4. The van der Waals surface area contributed by atoms with Gasteiger partial charge in [0, 0.05) is 33.1 Å². The summed E-state index contributed by atoms with van der Waals surface area (Å²) >= 11 is 17.6. The summed E-state index contributed by atoms with van der Waals surface area (Å²) in [5, 5.41) is 21.3. The lowest BCUT2D eigenvalue weighted by Crippen LogP contribution is -2.25. The number of amides is 3. The van der Waals surface area contributed by atoms with Gasteiger partial charge in [0.25, 0.3) is 0 Å². The monoisotopic (exact) mass is 2100 g/mol. The maximum Gasteiger partial charge on any atom is 0.508 e. The zero-order valence-corrected chi connectivity index (χ0v) is 82.1. The summed E-state index contributed by atoms with van der Waals surface area (Å²) < 4.78 is 113. The first-order chi connectivity index (χ1) is 63.0. The van der Waals surface area contributed by atoms with Gasteiger partial charge in [0.05, 0.1) is 129 Å². The Morgan fingerprint density at radius 3 is 1.03 bits per heavy atom. The first-order valence-corrected chi connectivity index (χ1v) is 47.5. The van der Waals surface area contributed by atoms with Crippen LogP contribution in [-0.2, 0) is 101 Å². The molecule has 0 bridgehead atoms. The van der Waals surface area contributed by atoms with Gasteiger partial charge in [-0.1, -0.05) is 133 Å². The van der Waals surface area contributed by atoms with E-state index in [1.54, 1.807) is 156 Å². The molecule has 133 heavy (non-hydrogen) atoms. The van der Waals surface area contributed by atoms with E-state index >= 15 is 0 Å². The van der Waals surface area contributed by atoms with Crippen LogP contribution in [0.5, 0.6) is 0 Å². The maximum absolute atomic E-state index is 13.4. The number of hydrogen-bond acceptors (Lipinski definition) is 23. The molecule has 0 radical (unpaired) electrons. The molecule has 5 aromatic heterocycles. The number of halogens is 9. The van der Waals surface area contributed by atoms with Gasteiger partial charge < -0.3 is 44.7 Å². The van der Waals surface area contributed by atoms with Gasteiger partial charge in [-0.3, -0.25) is 19.2 Å². The molecule has 0 atom stereocenters. The summed E-state index contributed by atoms with van der Waals surface area (Å²) in [6.07, 6.45) is -9.01. The van der Waals surface area contributed by atoms with Gasteiger partial charge in [0.2, 0.25) is 17.7 Å².